The Bertz CT molecular complexity index is 1080. The zero-order valence-corrected chi connectivity index (χ0v) is 18.3. The quantitative estimate of drug-likeness (QED) is 0.426. The average Bonchev–Trinajstić information content (AvgIpc) is 3.05. The maximum atomic E-state index is 13.1. The van der Waals surface area contributed by atoms with Crippen LogP contribution in [-0.4, -0.2) is 26.3 Å². The lowest BCUT2D eigenvalue weighted by molar-refractivity contribution is 0.0982. The van der Waals surface area contributed by atoms with Crippen molar-refractivity contribution in [2.75, 3.05) is 0 Å². The molecule has 8 heteroatoms. The molecule has 2 heterocycles. The van der Waals surface area contributed by atoms with Crippen molar-refractivity contribution in [2.24, 2.45) is 0 Å². The molecule has 1 aromatic carbocycles. The van der Waals surface area contributed by atoms with Crippen LogP contribution in [0.15, 0.2) is 41.1 Å². The number of aryl methyl sites for hydroxylation is 1. The normalized spacial score (nSPS) is 10.9. The molecule has 0 atom stereocenters. The molecule has 0 radical (unpaired) electrons. The fourth-order valence-electron chi connectivity index (χ4n) is 2.94. The van der Waals surface area contributed by atoms with Gasteiger partial charge in [-0.25, -0.2) is 9.67 Å². The number of Topliss-reactive ketones (excluding diaryl/α,β-unsaturated/α-hetero) is 2. The number of nitrogens with zero attached hydrogens (tertiary/aromatic N) is 3. The van der Waals surface area contributed by atoms with Gasteiger partial charge < -0.3 is 0 Å². The Morgan fingerprint density at radius 2 is 1.93 bits per heavy atom. The molecule has 0 aliphatic carbocycles. The monoisotopic (exact) mass is 479 g/mol. The zero-order chi connectivity index (χ0) is 20.4. The first-order valence-corrected chi connectivity index (χ1v) is 10.1. The van der Waals surface area contributed by atoms with Crippen LogP contribution in [0.5, 0.6) is 0 Å². The molecule has 3 aromatic rings. The number of hydrogen-bond acceptors (Lipinski definition) is 4. The van der Waals surface area contributed by atoms with E-state index in [1.807, 2.05) is 6.92 Å². The van der Waals surface area contributed by atoms with Gasteiger partial charge in [-0.15, -0.1) is 0 Å². The average molecular weight is 481 g/mol. The minimum absolute atomic E-state index is 0.0344. The third kappa shape index (κ3) is 4.19. The van der Waals surface area contributed by atoms with Gasteiger partial charge in [-0.2, -0.15) is 5.10 Å². The minimum atomic E-state index is -0.213. The Balaban J connectivity index is 2.05. The number of hydrogen-bond donors (Lipinski definition) is 0. The van der Waals surface area contributed by atoms with Crippen LogP contribution in [0.3, 0.4) is 0 Å². The number of benzene rings is 1. The molecular formula is C20H16BrCl2N3O2. The van der Waals surface area contributed by atoms with Crippen molar-refractivity contribution >= 4 is 50.7 Å². The van der Waals surface area contributed by atoms with Crippen LogP contribution in [0.2, 0.25) is 10.0 Å². The maximum Gasteiger partial charge on any atom is 0.185 e. The highest BCUT2D eigenvalue weighted by atomic mass is 79.9. The highest BCUT2D eigenvalue weighted by Crippen LogP contribution is 2.26. The first-order valence-electron chi connectivity index (χ1n) is 8.53. The maximum absolute atomic E-state index is 13.1. The molecule has 5 nitrogen and oxygen atoms in total. The van der Waals surface area contributed by atoms with Crippen molar-refractivity contribution in [2.45, 2.75) is 26.7 Å². The van der Waals surface area contributed by atoms with Crippen LogP contribution in [0, 0.1) is 6.92 Å². The van der Waals surface area contributed by atoms with E-state index in [1.165, 1.54) is 4.68 Å². The number of aromatic nitrogens is 3. The van der Waals surface area contributed by atoms with E-state index in [2.05, 4.69) is 26.0 Å². The van der Waals surface area contributed by atoms with Gasteiger partial charge in [0.15, 0.2) is 17.4 Å². The molecule has 0 unspecified atom stereocenters. The first kappa shape index (κ1) is 20.7. The molecule has 28 heavy (non-hydrogen) atoms. The minimum Gasteiger partial charge on any atom is -0.294 e. The summed E-state index contributed by atoms with van der Waals surface area (Å²) >= 11 is 15.7. The van der Waals surface area contributed by atoms with E-state index < -0.39 is 0 Å². The Kier molecular flexibility index (Phi) is 6.33. The number of pyridine rings is 1. The largest absolute Gasteiger partial charge is 0.294 e. The number of carbonyl (C=O) groups is 2. The topological polar surface area (TPSA) is 64.8 Å². The molecule has 0 spiro atoms. The fourth-order valence-corrected chi connectivity index (χ4v) is 3.79. The highest BCUT2D eigenvalue weighted by Gasteiger charge is 2.22. The van der Waals surface area contributed by atoms with E-state index >= 15 is 0 Å². The van der Waals surface area contributed by atoms with Crippen LogP contribution in [0.25, 0.3) is 5.82 Å². The summed E-state index contributed by atoms with van der Waals surface area (Å²) in [6.07, 6.45) is 1.94. The molecule has 0 amide bonds. The Morgan fingerprint density at radius 3 is 2.61 bits per heavy atom. The van der Waals surface area contributed by atoms with Gasteiger partial charge in [-0.1, -0.05) is 30.1 Å². The Labute approximate surface area is 180 Å². The molecule has 2 aromatic heterocycles. The highest BCUT2D eigenvalue weighted by molar-refractivity contribution is 9.10. The predicted molar refractivity (Wildman–Crippen MR) is 113 cm³/mol. The van der Waals surface area contributed by atoms with Crippen LogP contribution in [0.4, 0.5) is 0 Å². The predicted octanol–water partition coefficient (Wildman–Crippen LogP) is 5.66. The van der Waals surface area contributed by atoms with Crippen molar-refractivity contribution in [3.8, 4) is 5.82 Å². The van der Waals surface area contributed by atoms with E-state index in [0.717, 1.165) is 5.56 Å². The van der Waals surface area contributed by atoms with Gasteiger partial charge in [0.2, 0.25) is 0 Å². The Morgan fingerprint density at radius 1 is 1.18 bits per heavy atom. The third-order valence-electron chi connectivity index (χ3n) is 4.30. The van der Waals surface area contributed by atoms with Gasteiger partial charge in [-0.3, -0.25) is 9.59 Å². The second kappa shape index (κ2) is 8.55. The van der Waals surface area contributed by atoms with Crippen molar-refractivity contribution in [1.82, 2.24) is 14.8 Å². The van der Waals surface area contributed by atoms with E-state index in [4.69, 9.17) is 23.2 Å². The zero-order valence-electron chi connectivity index (χ0n) is 15.2. The lowest BCUT2D eigenvalue weighted by Gasteiger charge is -2.13. The van der Waals surface area contributed by atoms with E-state index in [-0.39, 0.29) is 18.0 Å². The van der Waals surface area contributed by atoms with E-state index in [0.29, 0.717) is 43.7 Å². The summed E-state index contributed by atoms with van der Waals surface area (Å²) in [5, 5.41) is 5.13. The third-order valence-corrected chi connectivity index (χ3v) is 5.20. The van der Waals surface area contributed by atoms with Crippen LogP contribution in [0.1, 0.15) is 45.3 Å². The molecular weight excluding hydrogens is 465 g/mol. The SMILES string of the molecule is CCC(=O)c1cc(Cl)cc(C)c1CC(=O)c1cc(Br)nn1-c1ncccc1Cl. The van der Waals surface area contributed by atoms with Gasteiger partial charge in [0.05, 0.1) is 5.02 Å². The molecule has 0 fully saturated rings. The van der Waals surface area contributed by atoms with Crippen molar-refractivity contribution in [1.29, 1.82) is 0 Å². The molecule has 0 saturated carbocycles. The first-order chi connectivity index (χ1) is 13.3. The van der Waals surface area contributed by atoms with Crippen molar-refractivity contribution < 1.29 is 9.59 Å². The van der Waals surface area contributed by atoms with Crippen molar-refractivity contribution in [3.63, 3.8) is 0 Å². The number of halogens is 3. The van der Waals surface area contributed by atoms with Crippen LogP contribution < -0.4 is 0 Å². The second-order valence-corrected chi connectivity index (χ2v) is 7.85. The number of carbonyl (C=O) groups excluding carboxylic acids is 2. The fraction of sp³-hybridized carbons (Fsp3) is 0.200. The van der Waals surface area contributed by atoms with Gasteiger partial charge in [-0.05, 0) is 58.2 Å². The van der Waals surface area contributed by atoms with Gasteiger partial charge in [0, 0.05) is 35.7 Å². The molecule has 3 rings (SSSR count). The number of rotatable bonds is 6. The standard InChI is InChI=1S/C20H16BrCl2N3O2/c1-3-17(27)14-8-12(22)7-11(2)13(14)9-18(28)16-10-19(21)25-26(16)20-15(23)5-4-6-24-20/h4-8,10H,3,9H2,1-2H3. The molecule has 0 aliphatic heterocycles. The molecule has 144 valence electrons. The van der Waals surface area contributed by atoms with Crippen LogP contribution in [-0.2, 0) is 6.42 Å². The molecule has 0 N–H and O–H groups in total. The summed E-state index contributed by atoms with van der Waals surface area (Å²) in [4.78, 5) is 29.7. The summed E-state index contributed by atoms with van der Waals surface area (Å²) in [6, 6.07) is 8.35. The number of ketones is 2. The lowest BCUT2D eigenvalue weighted by Crippen LogP contribution is -2.15. The summed E-state index contributed by atoms with van der Waals surface area (Å²) in [5.41, 5.74) is 2.24. The smallest absolute Gasteiger partial charge is 0.185 e. The lowest BCUT2D eigenvalue weighted by atomic mass is 9.93. The second-order valence-electron chi connectivity index (χ2n) is 6.20. The summed E-state index contributed by atoms with van der Waals surface area (Å²) < 4.78 is 1.89. The van der Waals surface area contributed by atoms with Crippen LogP contribution >= 0.6 is 39.1 Å². The molecule has 0 saturated heterocycles. The van der Waals surface area contributed by atoms with Gasteiger partial charge in [0.1, 0.15) is 10.3 Å². The molecule has 0 bridgehead atoms. The van der Waals surface area contributed by atoms with Crippen molar-refractivity contribution in [3.05, 3.63) is 73.6 Å². The summed E-state index contributed by atoms with van der Waals surface area (Å²) in [7, 11) is 0. The summed E-state index contributed by atoms with van der Waals surface area (Å²) in [5.74, 6) is 0.0854. The van der Waals surface area contributed by atoms with Gasteiger partial charge in [0.25, 0.3) is 0 Å². The van der Waals surface area contributed by atoms with Gasteiger partial charge >= 0.3 is 0 Å². The van der Waals surface area contributed by atoms with E-state index in [1.54, 1.807) is 43.5 Å². The van der Waals surface area contributed by atoms with E-state index in [9.17, 15) is 9.59 Å². The molecule has 0 aliphatic rings. The Hall–Kier alpha value is -2.02. The summed E-state index contributed by atoms with van der Waals surface area (Å²) in [6.45, 7) is 3.61.